The van der Waals surface area contributed by atoms with E-state index in [2.05, 4.69) is 10.2 Å². The second-order valence-electron chi connectivity index (χ2n) is 7.12. The highest BCUT2D eigenvalue weighted by Crippen LogP contribution is 2.28. The molecular formula is C21H20ClN3O4. The number of barbiturate groups is 1. The van der Waals surface area contributed by atoms with Crippen molar-refractivity contribution in [1.29, 1.82) is 0 Å². The third kappa shape index (κ3) is 3.78. The summed E-state index contributed by atoms with van der Waals surface area (Å²) in [6, 6.07) is 7.55. The van der Waals surface area contributed by atoms with E-state index in [1.54, 1.807) is 18.2 Å². The van der Waals surface area contributed by atoms with Gasteiger partial charge >= 0.3 is 6.03 Å². The van der Waals surface area contributed by atoms with Crippen LogP contribution in [0.3, 0.4) is 0 Å². The molecule has 29 heavy (non-hydrogen) atoms. The molecular weight excluding hydrogens is 394 g/mol. The Balaban J connectivity index is 1.63. The Bertz CT molecular complexity index is 1020. The van der Waals surface area contributed by atoms with Crippen LogP contribution in [0.1, 0.15) is 30.6 Å². The fourth-order valence-electron chi connectivity index (χ4n) is 3.46. The van der Waals surface area contributed by atoms with Crippen LogP contribution in [0.15, 0.2) is 40.3 Å². The molecule has 2 aromatic rings. The molecule has 150 valence electrons. The molecule has 4 amide bonds. The number of hydrogen-bond acceptors (Lipinski definition) is 5. The van der Waals surface area contributed by atoms with Crippen molar-refractivity contribution in [3.8, 4) is 0 Å². The predicted molar refractivity (Wildman–Crippen MR) is 110 cm³/mol. The number of urea groups is 1. The lowest BCUT2D eigenvalue weighted by Crippen LogP contribution is -2.54. The molecule has 2 aliphatic heterocycles. The maximum Gasteiger partial charge on any atom is 0.335 e. The first-order valence-electron chi connectivity index (χ1n) is 9.46. The number of anilines is 2. The number of piperidine rings is 1. The quantitative estimate of drug-likeness (QED) is 0.609. The van der Waals surface area contributed by atoms with Gasteiger partial charge in [-0.2, -0.15) is 0 Å². The SMILES string of the molecule is Cc1ccc(N2C(=O)NC(=O)/C(=C\c3ccc(N4CCCCC4)o3)C2=O)cc1Cl. The second-order valence-corrected chi connectivity index (χ2v) is 7.52. The van der Waals surface area contributed by atoms with Gasteiger partial charge in [0, 0.05) is 24.2 Å². The first-order valence-corrected chi connectivity index (χ1v) is 9.84. The van der Waals surface area contributed by atoms with Crippen LogP contribution in [-0.2, 0) is 9.59 Å². The van der Waals surface area contributed by atoms with E-state index in [-0.39, 0.29) is 11.3 Å². The molecule has 0 unspecified atom stereocenters. The summed E-state index contributed by atoms with van der Waals surface area (Å²) in [5.74, 6) is -0.404. The summed E-state index contributed by atoms with van der Waals surface area (Å²) in [5, 5.41) is 2.62. The molecule has 3 heterocycles. The number of carbonyl (C=O) groups excluding carboxylic acids is 3. The van der Waals surface area contributed by atoms with Crippen LogP contribution >= 0.6 is 11.6 Å². The molecule has 2 saturated heterocycles. The number of nitrogens with one attached hydrogen (secondary N) is 1. The van der Waals surface area contributed by atoms with Gasteiger partial charge in [0.1, 0.15) is 11.3 Å². The monoisotopic (exact) mass is 413 g/mol. The van der Waals surface area contributed by atoms with Crippen LogP contribution in [0.5, 0.6) is 0 Å². The van der Waals surface area contributed by atoms with E-state index in [1.807, 2.05) is 13.0 Å². The smallest absolute Gasteiger partial charge is 0.335 e. The molecule has 0 atom stereocenters. The van der Waals surface area contributed by atoms with Crippen molar-refractivity contribution in [1.82, 2.24) is 5.32 Å². The van der Waals surface area contributed by atoms with Crippen molar-refractivity contribution in [3.05, 3.63) is 52.3 Å². The highest BCUT2D eigenvalue weighted by atomic mass is 35.5. The largest absolute Gasteiger partial charge is 0.441 e. The van der Waals surface area contributed by atoms with Crippen molar-refractivity contribution in [2.45, 2.75) is 26.2 Å². The standard InChI is InChI=1S/C21H20ClN3O4/c1-13-5-6-14(11-17(13)22)25-20(27)16(19(26)23-21(25)28)12-15-7-8-18(29-15)24-9-3-2-4-10-24/h5-8,11-12H,2-4,9-10H2,1H3,(H,23,26,28)/b16-12+. The van der Waals surface area contributed by atoms with Gasteiger partial charge in [0.15, 0.2) is 5.88 Å². The summed E-state index contributed by atoms with van der Waals surface area (Å²) < 4.78 is 5.82. The molecule has 1 aromatic carbocycles. The fourth-order valence-corrected chi connectivity index (χ4v) is 3.63. The topological polar surface area (TPSA) is 82.9 Å². The highest BCUT2D eigenvalue weighted by molar-refractivity contribution is 6.39. The first-order chi connectivity index (χ1) is 13.9. The summed E-state index contributed by atoms with van der Waals surface area (Å²) in [5.41, 5.74) is 0.920. The zero-order valence-corrected chi connectivity index (χ0v) is 16.7. The lowest BCUT2D eigenvalue weighted by Gasteiger charge is -2.26. The number of rotatable bonds is 3. The van der Waals surface area contributed by atoms with E-state index in [0.717, 1.165) is 36.4 Å². The van der Waals surface area contributed by atoms with Gasteiger partial charge in [-0.05, 0) is 56.0 Å². The molecule has 0 radical (unpaired) electrons. The molecule has 2 aliphatic rings. The minimum atomic E-state index is -0.814. The molecule has 4 rings (SSSR count). The molecule has 1 N–H and O–H groups in total. The molecule has 1 aromatic heterocycles. The van der Waals surface area contributed by atoms with Crippen LogP contribution in [0, 0.1) is 6.92 Å². The number of carbonyl (C=O) groups is 3. The van der Waals surface area contributed by atoms with E-state index in [4.69, 9.17) is 16.0 Å². The average molecular weight is 414 g/mol. The van der Waals surface area contributed by atoms with Gasteiger partial charge in [0.25, 0.3) is 11.8 Å². The second kappa shape index (κ2) is 7.75. The Morgan fingerprint density at radius 3 is 2.55 bits per heavy atom. The predicted octanol–water partition coefficient (Wildman–Crippen LogP) is 3.90. The number of benzene rings is 1. The van der Waals surface area contributed by atoms with Crippen molar-refractivity contribution in [2.24, 2.45) is 0 Å². The van der Waals surface area contributed by atoms with Crippen LogP contribution < -0.4 is 15.1 Å². The molecule has 0 spiro atoms. The normalized spacial score (nSPS) is 19.1. The molecule has 8 heteroatoms. The molecule has 2 fully saturated rings. The van der Waals surface area contributed by atoms with Gasteiger partial charge in [0.05, 0.1) is 5.69 Å². The van der Waals surface area contributed by atoms with Gasteiger partial charge in [-0.3, -0.25) is 14.9 Å². The van der Waals surface area contributed by atoms with Gasteiger partial charge in [-0.1, -0.05) is 17.7 Å². The maximum atomic E-state index is 12.9. The van der Waals surface area contributed by atoms with Crippen molar-refractivity contribution in [3.63, 3.8) is 0 Å². The van der Waals surface area contributed by atoms with Crippen LogP contribution in [0.4, 0.5) is 16.4 Å². The van der Waals surface area contributed by atoms with Gasteiger partial charge in [-0.25, -0.2) is 9.69 Å². The minimum Gasteiger partial charge on any atom is -0.441 e. The lowest BCUT2D eigenvalue weighted by atomic mass is 10.1. The Hall–Kier alpha value is -3.06. The van der Waals surface area contributed by atoms with Gasteiger partial charge in [-0.15, -0.1) is 0 Å². The van der Waals surface area contributed by atoms with Crippen LogP contribution in [-0.4, -0.2) is 30.9 Å². The molecule has 0 bridgehead atoms. The third-order valence-corrected chi connectivity index (χ3v) is 5.49. The zero-order chi connectivity index (χ0) is 20.5. The molecule has 0 aliphatic carbocycles. The summed E-state index contributed by atoms with van der Waals surface area (Å²) in [6.07, 6.45) is 4.78. The summed E-state index contributed by atoms with van der Waals surface area (Å²) in [4.78, 5) is 40.6. The summed E-state index contributed by atoms with van der Waals surface area (Å²) in [6.45, 7) is 3.65. The fraction of sp³-hybridized carbons (Fsp3) is 0.286. The summed E-state index contributed by atoms with van der Waals surface area (Å²) >= 11 is 6.13. The molecule has 7 nitrogen and oxygen atoms in total. The number of imide groups is 2. The zero-order valence-electron chi connectivity index (χ0n) is 15.9. The minimum absolute atomic E-state index is 0.180. The van der Waals surface area contributed by atoms with E-state index in [1.165, 1.54) is 18.6 Å². The van der Waals surface area contributed by atoms with E-state index in [9.17, 15) is 14.4 Å². The van der Waals surface area contributed by atoms with Gasteiger partial charge < -0.3 is 9.32 Å². The number of furan rings is 1. The molecule has 0 saturated carbocycles. The van der Waals surface area contributed by atoms with Gasteiger partial charge in [0.2, 0.25) is 0 Å². The number of hydrogen-bond donors (Lipinski definition) is 1. The maximum absolute atomic E-state index is 12.9. The van der Waals surface area contributed by atoms with E-state index < -0.39 is 17.8 Å². The summed E-state index contributed by atoms with van der Waals surface area (Å²) in [7, 11) is 0. The van der Waals surface area contributed by atoms with Crippen molar-refractivity contribution >= 4 is 47.1 Å². The number of amides is 4. The Kier molecular flexibility index (Phi) is 5.15. The average Bonchev–Trinajstić information content (AvgIpc) is 3.17. The third-order valence-electron chi connectivity index (χ3n) is 5.08. The lowest BCUT2D eigenvalue weighted by molar-refractivity contribution is -0.122. The number of nitrogens with zero attached hydrogens (tertiary/aromatic N) is 2. The Labute approximate surface area is 172 Å². The Morgan fingerprint density at radius 2 is 1.83 bits per heavy atom. The van der Waals surface area contributed by atoms with Crippen LogP contribution in [0.2, 0.25) is 5.02 Å². The van der Waals surface area contributed by atoms with Crippen LogP contribution in [0.25, 0.3) is 6.08 Å². The van der Waals surface area contributed by atoms with E-state index in [0.29, 0.717) is 16.7 Å². The van der Waals surface area contributed by atoms with Crippen molar-refractivity contribution in [2.75, 3.05) is 22.9 Å². The number of halogens is 1. The van der Waals surface area contributed by atoms with E-state index >= 15 is 0 Å². The van der Waals surface area contributed by atoms with Crippen molar-refractivity contribution < 1.29 is 18.8 Å². The number of aryl methyl sites for hydroxylation is 1. The Morgan fingerprint density at radius 1 is 1.07 bits per heavy atom. The highest BCUT2D eigenvalue weighted by Gasteiger charge is 2.37. The first kappa shape index (κ1) is 19.3.